The van der Waals surface area contributed by atoms with E-state index in [1.165, 1.54) is 53.1 Å². The molecule has 0 aliphatic heterocycles. The number of furan rings is 1. The van der Waals surface area contributed by atoms with Crippen LogP contribution in [0.25, 0.3) is 91.9 Å². The highest BCUT2D eigenvalue weighted by molar-refractivity contribution is 7.26. The van der Waals surface area contributed by atoms with Crippen molar-refractivity contribution in [3.05, 3.63) is 206 Å². The second-order valence-corrected chi connectivity index (χ2v) is 15.9. The maximum Gasteiger partial charge on any atom is 0.159 e. The summed E-state index contributed by atoms with van der Waals surface area (Å²) in [6.45, 7) is 0. The Labute approximate surface area is 338 Å². The van der Waals surface area contributed by atoms with E-state index in [4.69, 9.17) is 4.42 Å². The molecule has 0 atom stereocenters. The molecule has 0 fully saturated rings. The normalized spacial score (nSPS) is 11.8. The first-order valence-electron chi connectivity index (χ1n) is 19.7. The number of fused-ring (bicyclic) bond motifs is 9. The number of anilines is 3. The van der Waals surface area contributed by atoms with Gasteiger partial charge in [0, 0.05) is 58.7 Å². The predicted molar refractivity (Wildman–Crippen MR) is 247 cm³/mol. The Morgan fingerprint density at radius 3 is 1.74 bits per heavy atom. The topological polar surface area (TPSA) is 21.3 Å². The molecule has 0 unspecified atom stereocenters. The van der Waals surface area contributed by atoms with E-state index in [0.29, 0.717) is 0 Å². The van der Waals surface area contributed by atoms with Crippen molar-refractivity contribution < 1.29 is 4.42 Å². The van der Waals surface area contributed by atoms with Crippen LogP contribution in [0.1, 0.15) is 0 Å². The van der Waals surface area contributed by atoms with E-state index in [-0.39, 0.29) is 0 Å². The van der Waals surface area contributed by atoms with Crippen LogP contribution in [-0.2, 0) is 0 Å². The summed E-state index contributed by atoms with van der Waals surface area (Å²) >= 11 is 1.86. The van der Waals surface area contributed by atoms with Crippen molar-refractivity contribution in [2.45, 2.75) is 0 Å². The molecule has 3 nitrogen and oxygen atoms in total. The lowest BCUT2D eigenvalue weighted by atomic mass is 10.00. The second-order valence-electron chi connectivity index (χ2n) is 14.8. The lowest BCUT2D eigenvalue weighted by Gasteiger charge is -2.27. The van der Waals surface area contributed by atoms with Crippen molar-refractivity contribution in [3.8, 4) is 27.9 Å². The molecule has 3 aromatic heterocycles. The summed E-state index contributed by atoms with van der Waals surface area (Å²) in [5.41, 5.74) is 13.0. The molecule has 0 saturated carbocycles. The minimum absolute atomic E-state index is 0.850. The van der Waals surface area contributed by atoms with Crippen LogP contribution in [0.3, 0.4) is 0 Å². The molecule has 0 saturated heterocycles. The summed E-state index contributed by atoms with van der Waals surface area (Å²) in [4.78, 5) is 2.43. The van der Waals surface area contributed by atoms with Gasteiger partial charge in [0.2, 0.25) is 0 Å². The van der Waals surface area contributed by atoms with Crippen LogP contribution in [-0.4, -0.2) is 4.57 Å². The maximum atomic E-state index is 7.14. The first kappa shape index (κ1) is 32.8. The quantitative estimate of drug-likeness (QED) is 0.168. The minimum atomic E-state index is 0.850. The fraction of sp³-hybridized carbons (Fsp3) is 0. The molecule has 58 heavy (non-hydrogen) atoms. The Balaban J connectivity index is 1.17. The summed E-state index contributed by atoms with van der Waals surface area (Å²) in [6.07, 6.45) is 0. The molecule has 272 valence electrons. The van der Waals surface area contributed by atoms with Crippen LogP contribution in [0, 0.1) is 0 Å². The number of aromatic nitrogens is 1. The predicted octanol–water partition coefficient (Wildman–Crippen LogP) is 15.9. The molecule has 0 N–H and O–H groups in total. The van der Waals surface area contributed by atoms with Crippen molar-refractivity contribution in [1.82, 2.24) is 4.57 Å². The highest BCUT2D eigenvalue weighted by Gasteiger charge is 2.25. The summed E-state index contributed by atoms with van der Waals surface area (Å²) < 4.78 is 12.1. The van der Waals surface area contributed by atoms with E-state index in [1.807, 2.05) is 11.3 Å². The van der Waals surface area contributed by atoms with Crippen molar-refractivity contribution >= 4 is 92.3 Å². The summed E-state index contributed by atoms with van der Waals surface area (Å²) in [5.74, 6) is 0. The van der Waals surface area contributed by atoms with E-state index in [1.54, 1.807) is 0 Å². The number of nitrogens with zero attached hydrogens (tertiary/aromatic N) is 2. The Bertz CT molecular complexity index is 3470. The van der Waals surface area contributed by atoms with Crippen molar-refractivity contribution in [2.24, 2.45) is 0 Å². The molecule has 9 aromatic carbocycles. The third-order valence-corrected chi connectivity index (χ3v) is 12.8. The van der Waals surface area contributed by atoms with Gasteiger partial charge in [-0.05, 0) is 65.2 Å². The van der Waals surface area contributed by atoms with Gasteiger partial charge in [0.05, 0.1) is 22.4 Å². The molecule has 0 aliphatic rings. The Morgan fingerprint density at radius 1 is 0.414 bits per heavy atom. The average Bonchev–Trinajstić information content (AvgIpc) is 3.98. The van der Waals surface area contributed by atoms with Gasteiger partial charge in [0.1, 0.15) is 5.58 Å². The van der Waals surface area contributed by atoms with Crippen LogP contribution < -0.4 is 4.90 Å². The van der Waals surface area contributed by atoms with Crippen LogP contribution in [0.2, 0.25) is 0 Å². The minimum Gasteiger partial charge on any atom is -0.453 e. The van der Waals surface area contributed by atoms with E-state index in [9.17, 15) is 0 Å². The summed E-state index contributed by atoms with van der Waals surface area (Å²) in [5, 5.41) is 7.13. The van der Waals surface area contributed by atoms with Gasteiger partial charge in [-0.2, -0.15) is 0 Å². The summed E-state index contributed by atoms with van der Waals surface area (Å²) in [6, 6.07) is 74.2. The number of benzene rings is 9. The molecule has 0 spiro atoms. The molecule has 3 heterocycles. The third kappa shape index (κ3) is 4.99. The van der Waals surface area contributed by atoms with Crippen LogP contribution >= 0.6 is 11.3 Å². The number of thiophene rings is 1. The molecule has 0 bridgehead atoms. The van der Waals surface area contributed by atoms with Crippen LogP contribution in [0.5, 0.6) is 0 Å². The van der Waals surface area contributed by atoms with E-state index >= 15 is 0 Å². The van der Waals surface area contributed by atoms with Crippen molar-refractivity contribution in [3.63, 3.8) is 0 Å². The van der Waals surface area contributed by atoms with Gasteiger partial charge in [-0.25, -0.2) is 0 Å². The van der Waals surface area contributed by atoms with E-state index in [2.05, 4.69) is 216 Å². The van der Waals surface area contributed by atoms with E-state index in [0.717, 1.165) is 55.8 Å². The monoisotopic (exact) mass is 758 g/mol. The molecule has 0 amide bonds. The Morgan fingerprint density at radius 2 is 1.00 bits per heavy atom. The summed E-state index contributed by atoms with van der Waals surface area (Å²) in [7, 11) is 0. The first-order chi connectivity index (χ1) is 28.8. The fourth-order valence-electron chi connectivity index (χ4n) is 9.05. The lowest BCUT2D eigenvalue weighted by Crippen LogP contribution is -2.11. The molecule has 4 heteroatoms. The molecule has 0 aliphatic carbocycles. The van der Waals surface area contributed by atoms with Gasteiger partial charge < -0.3 is 13.9 Å². The zero-order valence-electron chi connectivity index (χ0n) is 31.3. The Hall–Kier alpha value is -7.40. The Kier molecular flexibility index (Phi) is 7.40. The van der Waals surface area contributed by atoms with Crippen LogP contribution in [0.4, 0.5) is 17.1 Å². The lowest BCUT2D eigenvalue weighted by molar-refractivity contribution is 0.670. The highest BCUT2D eigenvalue weighted by Crippen LogP contribution is 2.51. The molecular formula is C54H34N2OS. The van der Waals surface area contributed by atoms with Crippen molar-refractivity contribution in [2.75, 3.05) is 4.90 Å². The number of para-hydroxylation sites is 4. The number of rotatable bonds is 6. The van der Waals surface area contributed by atoms with Gasteiger partial charge in [0.15, 0.2) is 5.58 Å². The maximum absolute atomic E-state index is 7.14. The molecule has 12 rings (SSSR count). The van der Waals surface area contributed by atoms with Gasteiger partial charge in [-0.15, -0.1) is 11.3 Å². The smallest absolute Gasteiger partial charge is 0.159 e. The second kappa shape index (κ2) is 13.1. The third-order valence-electron chi connectivity index (χ3n) is 11.6. The molecular weight excluding hydrogens is 725 g/mol. The average molecular weight is 759 g/mol. The largest absolute Gasteiger partial charge is 0.453 e. The van der Waals surface area contributed by atoms with Gasteiger partial charge >= 0.3 is 0 Å². The highest BCUT2D eigenvalue weighted by atomic mass is 32.1. The zero-order valence-corrected chi connectivity index (χ0v) is 32.2. The molecule has 0 radical (unpaired) electrons. The van der Waals surface area contributed by atoms with Crippen molar-refractivity contribution in [1.29, 1.82) is 0 Å². The number of hydrogen-bond acceptors (Lipinski definition) is 3. The zero-order chi connectivity index (χ0) is 38.2. The van der Waals surface area contributed by atoms with E-state index < -0.39 is 0 Å². The SMILES string of the molecule is c1ccc(-c2cccc3c2oc2c(N(c4cccc(-n5c6ccccc6c6ccccc65)c4)c4ccc(-c5ccccc5)c5sc6ccccc6c45)cccc23)cc1. The standard InChI is InChI=1S/C54H34N2OS/c1-3-16-35(17-4-1)39-25-14-26-43-44-27-15-30-49(53(44)57-52(39)43)56(38-21-13-20-37(34-38)55-46-28-10-7-22-41(46)42-23-8-11-29-47(42)55)48-33-32-40(36-18-5-2-6-19-36)54-51(48)45-24-9-12-31-50(45)58-54/h1-34H. The van der Waals surface area contributed by atoms with Gasteiger partial charge in [-0.1, -0.05) is 158 Å². The number of hydrogen-bond donors (Lipinski definition) is 0. The fourth-order valence-corrected chi connectivity index (χ4v) is 10.3. The molecule has 12 aromatic rings. The first-order valence-corrected chi connectivity index (χ1v) is 20.5. The van der Waals surface area contributed by atoms with Crippen LogP contribution in [0.15, 0.2) is 211 Å². The van der Waals surface area contributed by atoms with Gasteiger partial charge in [0.25, 0.3) is 0 Å². The van der Waals surface area contributed by atoms with Gasteiger partial charge in [-0.3, -0.25) is 0 Å².